The van der Waals surface area contributed by atoms with Crippen LogP contribution in [0.15, 0.2) is 36.4 Å². The van der Waals surface area contributed by atoms with Gasteiger partial charge in [-0.3, -0.25) is 9.59 Å². The third-order valence-electron chi connectivity index (χ3n) is 4.28. The van der Waals surface area contributed by atoms with E-state index in [9.17, 15) is 24.5 Å². The average molecular weight is 433 g/mol. The van der Waals surface area contributed by atoms with Gasteiger partial charge in [0.15, 0.2) is 6.61 Å². The Hall–Kier alpha value is -3.69. The van der Waals surface area contributed by atoms with Crippen LogP contribution in [0.4, 0.5) is 0 Å². The highest BCUT2D eigenvalue weighted by atomic mass is 16.9. The van der Waals surface area contributed by atoms with E-state index in [-0.39, 0.29) is 13.2 Å². The second-order valence-electron chi connectivity index (χ2n) is 6.68. The Bertz CT molecular complexity index is 957. The van der Waals surface area contributed by atoms with Gasteiger partial charge in [-0.15, -0.1) is 10.1 Å². The van der Waals surface area contributed by atoms with E-state index >= 15 is 0 Å². The van der Waals surface area contributed by atoms with Gasteiger partial charge in [0.25, 0.3) is 5.09 Å². The van der Waals surface area contributed by atoms with E-state index in [1.165, 1.54) is 6.92 Å². The van der Waals surface area contributed by atoms with Gasteiger partial charge < -0.3 is 19.0 Å². The maximum atomic E-state index is 12.3. The fourth-order valence-electron chi connectivity index (χ4n) is 2.70. The molecule has 0 radical (unpaired) electrons. The van der Waals surface area contributed by atoms with Crippen molar-refractivity contribution in [1.82, 2.24) is 0 Å². The summed E-state index contributed by atoms with van der Waals surface area (Å²) in [6.45, 7) is 2.40. The second-order valence-corrected chi connectivity index (χ2v) is 6.68. The Balaban J connectivity index is 1.83. The van der Waals surface area contributed by atoms with Gasteiger partial charge in [0.05, 0.1) is 19.1 Å². The number of benzene rings is 2. The molecule has 0 fully saturated rings. The fourth-order valence-corrected chi connectivity index (χ4v) is 2.70. The highest BCUT2D eigenvalue weighted by Crippen LogP contribution is 2.26. The first-order chi connectivity index (χ1) is 14.8. The van der Waals surface area contributed by atoms with Crippen LogP contribution in [0.2, 0.25) is 0 Å². The van der Waals surface area contributed by atoms with Crippen LogP contribution in [0, 0.1) is 10.1 Å². The van der Waals surface area contributed by atoms with Crippen LogP contribution < -0.4 is 4.74 Å². The summed E-state index contributed by atoms with van der Waals surface area (Å²) >= 11 is 0. The van der Waals surface area contributed by atoms with Crippen molar-refractivity contribution in [1.29, 1.82) is 0 Å². The van der Waals surface area contributed by atoms with Crippen LogP contribution in [0.5, 0.6) is 5.75 Å². The topological polar surface area (TPSA) is 131 Å². The summed E-state index contributed by atoms with van der Waals surface area (Å²) in [6, 6.07) is 10.6. The van der Waals surface area contributed by atoms with Crippen LogP contribution in [-0.2, 0) is 28.7 Å². The Morgan fingerprint density at radius 3 is 2.42 bits per heavy atom. The number of carbonyl (C=O) groups is 3. The zero-order valence-electron chi connectivity index (χ0n) is 17.2. The standard InChI is InChI=1S/C21H23NO9/c1-14(21(25)29-13-20(24)28-9-3-4-10-30-22(26)27)17-6-5-16-7-8-19(31-15(2)23)12-18(16)11-17/h5-8,11-12,14H,3-4,9-10,13H2,1-2H3. The number of esters is 3. The number of hydrogen-bond donors (Lipinski definition) is 0. The fraction of sp³-hybridized carbons (Fsp3) is 0.381. The molecule has 2 aromatic rings. The van der Waals surface area contributed by atoms with Crippen LogP contribution in [0.25, 0.3) is 10.8 Å². The maximum Gasteiger partial charge on any atom is 0.344 e. The van der Waals surface area contributed by atoms with Gasteiger partial charge in [-0.1, -0.05) is 24.3 Å². The van der Waals surface area contributed by atoms with E-state index in [2.05, 4.69) is 4.84 Å². The monoisotopic (exact) mass is 433 g/mol. The summed E-state index contributed by atoms with van der Waals surface area (Å²) in [7, 11) is 0. The molecule has 1 atom stereocenters. The first-order valence-electron chi connectivity index (χ1n) is 9.58. The quantitative estimate of drug-likeness (QED) is 0.172. The lowest BCUT2D eigenvalue weighted by molar-refractivity contribution is -0.757. The summed E-state index contributed by atoms with van der Waals surface area (Å²) in [4.78, 5) is 49.2. The highest BCUT2D eigenvalue weighted by Gasteiger charge is 2.19. The number of nitrogens with zero attached hydrogens (tertiary/aromatic N) is 1. The first-order valence-corrected chi connectivity index (χ1v) is 9.58. The lowest BCUT2D eigenvalue weighted by Crippen LogP contribution is -2.20. The van der Waals surface area contributed by atoms with Gasteiger partial charge in [-0.2, -0.15) is 0 Å². The number of ether oxygens (including phenoxy) is 3. The Kier molecular flexibility index (Phi) is 8.74. The molecule has 10 heteroatoms. The van der Waals surface area contributed by atoms with Crippen molar-refractivity contribution in [2.24, 2.45) is 0 Å². The lowest BCUT2D eigenvalue weighted by Gasteiger charge is -2.13. The molecular weight excluding hydrogens is 410 g/mol. The molecule has 0 aromatic heterocycles. The number of rotatable bonds is 11. The SMILES string of the molecule is CC(=O)Oc1ccc2ccc(C(C)C(=O)OCC(=O)OCCCCO[N+](=O)[O-])cc2c1. The molecule has 2 aromatic carbocycles. The summed E-state index contributed by atoms with van der Waals surface area (Å²) in [5.74, 6) is -1.95. The predicted octanol–water partition coefficient (Wildman–Crippen LogP) is 2.94. The van der Waals surface area contributed by atoms with Gasteiger partial charge in [0, 0.05) is 6.92 Å². The van der Waals surface area contributed by atoms with Crippen molar-refractivity contribution < 1.29 is 38.5 Å². The molecule has 0 heterocycles. The molecule has 0 spiro atoms. The Labute approximate surface area is 178 Å². The van der Waals surface area contributed by atoms with Gasteiger partial charge in [0.1, 0.15) is 5.75 Å². The van der Waals surface area contributed by atoms with Crippen LogP contribution >= 0.6 is 0 Å². The van der Waals surface area contributed by atoms with Crippen LogP contribution in [0.3, 0.4) is 0 Å². The van der Waals surface area contributed by atoms with Crippen LogP contribution in [-0.4, -0.2) is 42.8 Å². The predicted molar refractivity (Wildman–Crippen MR) is 108 cm³/mol. The molecule has 0 bridgehead atoms. The van der Waals surface area contributed by atoms with Crippen molar-refractivity contribution in [2.45, 2.75) is 32.6 Å². The molecule has 0 saturated heterocycles. The molecule has 0 saturated carbocycles. The average Bonchev–Trinajstić information content (AvgIpc) is 2.72. The van der Waals surface area contributed by atoms with Gasteiger partial charge in [-0.25, -0.2) is 4.79 Å². The summed E-state index contributed by atoms with van der Waals surface area (Å²) in [6.07, 6.45) is 0.739. The zero-order valence-corrected chi connectivity index (χ0v) is 17.2. The number of unbranched alkanes of at least 4 members (excludes halogenated alkanes) is 1. The van der Waals surface area contributed by atoms with Gasteiger partial charge in [-0.05, 0) is 48.2 Å². The zero-order chi connectivity index (χ0) is 22.8. The van der Waals surface area contributed by atoms with Crippen LogP contribution in [0.1, 0.15) is 38.2 Å². The minimum Gasteiger partial charge on any atom is -0.463 e. The van der Waals surface area contributed by atoms with Crippen molar-refractivity contribution in [2.75, 3.05) is 19.8 Å². The number of hydrogen-bond acceptors (Lipinski definition) is 9. The summed E-state index contributed by atoms with van der Waals surface area (Å²) < 4.78 is 15.0. The molecule has 10 nitrogen and oxygen atoms in total. The second kappa shape index (κ2) is 11.5. The minimum atomic E-state index is -0.888. The van der Waals surface area contributed by atoms with E-state index in [0.717, 1.165) is 10.8 Å². The Morgan fingerprint density at radius 2 is 1.71 bits per heavy atom. The smallest absolute Gasteiger partial charge is 0.344 e. The molecule has 2 rings (SSSR count). The molecule has 166 valence electrons. The largest absolute Gasteiger partial charge is 0.463 e. The molecule has 0 amide bonds. The number of carbonyl (C=O) groups excluding carboxylic acids is 3. The maximum absolute atomic E-state index is 12.3. The molecule has 0 aliphatic rings. The first kappa shape index (κ1) is 23.6. The van der Waals surface area contributed by atoms with Crippen molar-refractivity contribution in [3.63, 3.8) is 0 Å². The Morgan fingerprint density at radius 1 is 1.00 bits per heavy atom. The highest BCUT2D eigenvalue weighted by molar-refractivity contribution is 5.87. The van der Waals surface area contributed by atoms with E-state index < -0.39 is 35.5 Å². The lowest BCUT2D eigenvalue weighted by atomic mass is 9.98. The minimum absolute atomic E-state index is 0.0440. The molecule has 0 aliphatic heterocycles. The molecular formula is C21H23NO9. The van der Waals surface area contributed by atoms with Crippen molar-refractivity contribution in [3.05, 3.63) is 52.1 Å². The molecule has 0 aliphatic carbocycles. The summed E-state index contributed by atoms with van der Waals surface area (Å²) in [5, 5.41) is 10.8. The molecule has 1 unspecified atom stereocenters. The third kappa shape index (κ3) is 7.92. The van der Waals surface area contributed by atoms with Gasteiger partial charge in [0.2, 0.25) is 0 Å². The molecule has 31 heavy (non-hydrogen) atoms. The van der Waals surface area contributed by atoms with E-state index in [1.807, 2.05) is 6.07 Å². The summed E-state index contributed by atoms with van der Waals surface area (Å²) in [5.41, 5.74) is 0.677. The third-order valence-corrected chi connectivity index (χ3v) is 4.28. The normalized spacial score (nSPS) is 11.4. The van der Waals surface area contributed by atoms with E-state index in [4.69, 9.17) is 14.2 Å². The van der Waals surface area contributed by atoms with E-state index in [1.54, 1.807) is 37.3 Å². The van der Waals surface area contributed by atoms with E-state index in [0.29, 0.717) is 24.2 Å². The van der Waals surface area contributed by atoms with Crippen molar-refractivity contribution in [3.8, 4) is 5.75 Å². The van der Waals surface area contributed by atoms with Gasteiger partial charge >= 0.3 is 17.9 Å². The number of fused-ring (bicyclic) bond motifs is 1. The van der Waals surface area contributed by atoms with Crippen molar-refractivity contribution >= 4 is 28.7 Å². The molecule has 0 N–H and O–H groups in total.